The zero-order chi connectivity index (χ0) is 19.9. The molecule has 3 aromatic rings. The number of hydrogen-bond donors (Lipinski definition) is 1. The van der Waals surface area contributed by atoms with Gasteiger partial charge in [-0.1, -0.05) is 29.8 Å². The molecule has 0 aliphatic carbocycles. The van der Waals surface area contributed by atoms with Crippen molar-refractivity contribution in [3.8, 4) is 17.1 Å². The lowest BCUT2D eigenvalue weighted by Crippen LogP contribution is -2.06. The van der Waals surface area contributed by atoms with E-state index in [0.29, 0.717) is 28.7 Å². The van der Waals surface area contributed by atoms with Crippen LogP contribution >= 0.6 is 11.6 Å². The lowest BCUT2D eigenvalue weighted by atomic mass is 10.1. The Morgan fingerprint density at radius 1 is 1.18 bits per heavy atom. The Bertz CT molecular complexity index is 998. The number of hydrogen-bond acceptors (Lipinski definition) is 6. The summed E-state index contributed by atoms with van der Waals surface area (Å²) < 4.78 is 15.8. The third kappa shape index (κ3) is 4.53. The van der Waals surface area contributed by atoms with Gasteiger partial charge in [-0.3, -0.25) is 0 Å². The van der Waals surface area contributed by atoms with E-state index >= 15 is 0 Å². The molecule has 0 unspecified atom stereocenters. The Hall–Kier alpha value is -3.25. The van der Waals surface area contributed by atoms with E-state index in [2.05, 4.69) is 10.5 Å². The number of carbonyl (C=O) groups is 1. The summed E-state index contributed by atoms with van der Waals surface area (Å²) in [4.78, 5) is 11.8. The molecular formula is C21H19ClN2O4. The molecule has 0 fully saturated rings. The van der Waals surface area contributed by atoms with Crippen LogP contribution in [-0.4, -0.2) is 26.4 Å². The van der Waals surface area contributed by atoms with E-state index in [9.17, 15) is 4.79 Å². The minimum atomic E-state index is -0.499. The van der Waals surface area contributed by atoms with Crippen molar-refractivity contribution < 1.29 is 18.7 Å². The third-order valence-electron chi connectivity index (χ3n) is 4.03. The van der Waals surface area contributed by atoms with Crippen LogP contribution in [0.3, 0.4) is 0 Å². The molecule has 0 amide bonds. The SMILES string of the molecule is COC(=O)c1cc(-c2ccc(/C=N/NCc3ccccc3OC)o2)ccc1Cl. The summed E-state index contributed by atoms with van der Waals surface area (Å²) >= 11 is 6.05. The van der Waals surface area contributed by atoms with E-state index in [0.717, 1.165) is 11.3 Å². The number of methoxy groups -OCH3 is 2. The number of nitrogens with zero attached hydrogens (tertiary/aromatic N) is 1. The van der Waals surface area contributed by atoms with Gasteiger partial charge < -0.3 is 19.3 Å². The first-order valence-electron chi connectivity index (χ1n) is 8.48. The molecule has 0 aliphatic heterocycles. The smallest absolute Gasteiger partial charge is 0.339 e. The molecule has 28 heavy (non-hydrogen) atoms. The van der Waals surface area contributed by atoms with Gasteiger partial charge in [-0.15, -0.1) is 0 Å². The Kier molecular flexibility index (Phi) is 6.34. The van der Waals surface area contributed by atoms with Gasteiger partial charge in [0.1, 0.15) is 17.3 Å². The Labute approximate surface area is 167 Å². The second-order valence-electron chi connectivity index (χ2n) is 5.79. The average Bonchev–Trinajstić information content (AvgIpc) is 3.20. The first-order chi connectivity index (χ1) is 13.6. The van der Waals surface area contributed by atoms with Gasteiger partial charge in [-0.25, -0.2) is 4.79 Å². The third-order valence-corrected chi connectivity index (χ3v) is 4.36. The lowest BCUT2D eigenvalue weighted by molar-refractivity contribution is 0.0601. The summed E-state index contributed by atoms with van der Waals surface area (Å²) in [6.07, 6.45) is 1.58. The molecule has 0 saturated carbocycles. The number of rotatable bonds is 7. The predicted octanol–water partition coefficient (Wildman–Crippen LogP) is 4.52. The normalized spacial score (nSPS) is 10.8. The summed E-state index contributed by atoms with van der Waals surface area (Å²) in [7, 11) is 2.94. The molecule has 7 heteroatoms. The number of nitrogens with one attached hydrogen (secondary N) is 1. The van der Waals surface area contributed by atoms with Crippen LogP contribution in [0.15, 0.2) is 64.1 Å². The Morgan fingerprint density at radius 3 is 2.79 bits per heavy atom. The van der Waals surface area contributed by atoms with Crippen molar-refractivity contribution in [1.82, 2.24) is 5.43 Å². The van der Waals surface area contributed by atoms with E-state index in [-0.39, 0.29) is 5.56 Å². The predicted molar refractivity (Wildman–Crippen MR) is 108 cm³/mol. The first kappa shape index (κ1) is 19.5. The fraction of sp³-hybridized carbons (Fsp3) is 0.143. The molecule has 6 nitrogen and oxygen atoms in total. The maximum Gasteiger partial charge on any atom is 0.339 e. The van der Waals surface area contributed by atoms with E-state index in [1.807, 2.05) is 24.3 Å². The number of benzene rings is 2. The van der Waals surface area contributed by atoms with Gasteiger partial charge in [-0.2, -0.15) is 5.10 Å². The fourth-order valence-corrected chi connectivity index (χ4v) is 2.81. The molecule has 144 valence electrons. The van der Waals surface area contributed by atoms with Crippen LogP contribution in [0.1, 0.15) is 21.7 Å². The van der Waals surface area contributed by atoms with Gasteiger partial charge in [0.25, 0.3) is 0 Å². The first-order valence-corrected chi connectivity index (χ1v) is 8.86. The van der Waals surface area contributed by atoms with Crippen molar-refractivity contribution in [3.05, 3.63) is 76.5 Å². The topological polar surface area (TPSA) is 73.1 Å². The van der Waals surface area contributed by atoms with Gasteiger partial charge in [0.2, 0.25) is 0 Å². The monoisotopic (exact) mass is 398 g/mol. The second kappa shape index (κ2) is 9.10. The molecule has 1 heterocycles. The number of hydrazone groups is 1. The van der Waals surface area contributed by atoms with Gasteiger partial charge in [0.05, 0.1) is 37.6 Å². The maximum absolute atomic E-state index is 11.8. The van der Waals surface area contributed by atoms with E-state index in [1.165, 1.54) is 7.11 Å². The number of esters is 1. The number of furan rings is 1. The molecule has 0 bridgehead atoms. The van der Waals surface area contributed by atoms with Gasteiger partial charge in [-0.05, 0) is 36.4 Å². The van der Waals surface area contributed by atoms with Crippen LogP contribution in [0.5, 0.6) is 5.75 Å². The van der Waals surface area contributed by atoms with Crippen LogP contribution in [0.2, 0.25) is 5.02 Å². The Morgan fingerprint density at radius 2 is 2.00 bits per heavy atom. The average molecular weight is 399 g/mol. The quantitative estimate of drug-likeness (QED) is 0.360. The van der Waals surface area contributed by atoms with Crippen LogP contribution in [0, 0.1) is 0 Å². The number of halogens is 1. The number of carbonyl (C=O) groups excluding carboxylic acids is 1. The highest BCUT2D eigenvalue weighted by Gasteiger charge is 2.13. The highest BCUT2D eigenvalue weighted by atomic mass is 35.5. The summed E-state index contributed by atoms with van der Waals surface area (Å²) in [5, 5.41) is 4.50. The number of ether oxygens (including phenoxy) is 2. The minimum Gasteiger partial charge on any atom is -0.496 e. The summed E-state index contributed by atoms with van der Waals surface area (Å²) in [5.41, 5.74) is 4.96. The Balaban J connectivity index is 1.67. The largest absolute Gasteiger partial charge is 0.496 e. The van der Waals surface area contributed by atoms with Crippen LogP contribution in [0.4, 0.5) is 0 Å². The van der Waals surface area contributed by atoms with Crippen LogP contribution in [0.25, 0.3) is 11.3 Å². The highest BCUT2D eigenvalue weighted by Crippen LogP contribution is 2.27. The molecule has 0 spiro atoms. The number of para-hydroxylation sites is 1. The van der Waals surface area contributed by atoms with Crippen molar-refractivity contribution in [1.29, 1.82) is 0 Å². The zero-order valence-corrected chi connectivity index (χ0v) is 16.2. The molecular weight excluding hydrogens is 380 g/mol. The van der Waals surface area contributed by atoms with Gasteiger partial charge in [0, 0.05) is 11.1 Å². The van der Waals surface area contributed by atoms with E-state index in [4.69, 9.17) is 25.5 Å². The van der Waals surface area contributed by atoms with Crippen LogP contribution < -0.4 is 10.2 Å². The maximum atomic E-state index is 11.8. The van der Waals surface area contributed by atoms with Gasteiger partial charge >= 0.3 is 5.97 Å². The lowest BCUT2D eigenvalue weighted by Gasteiger charge is -2.06. The van der Waals surface area contributed by atoms with Crippen molar-refractivity contribution in [3.63, 3.8) is 0 Å². The minimum absolute atomic E-state index is 0.284. The van der Waals surface area contributed by atoms with Crippen molar-refractivity contribution >= 4 is 23.8 Å². The summed E-state index contributed by atoms with van der Waals surface area (Å²) in [5.74, 6) is 1.46. The van der Waals surface area contributed by atoms with Crippen molar-refractivity contribution in [2.75, 3.05) is 14.2 Å². The second-order valence-corrected chi connectivity index (χ2v) is 6.20. The highest BCUT2D eigenvalue weighted by molar-refractivity contribution is 6.33. The molecule has 1 aromatic heterocycles. The summed E-state index contributed by atoms with van der Waals surface area (Å²) in [6, 6.07) is 16.3. The van der Waals surface area contributed by atoms with Gasteiger partial charge in [0.15, 0.2) is 0 Å². The molecule has 0 atom stereocenters. The molecule has 2 aromatic carbocycles. The van der Waals surface area contributed by atoms with Crippen LogP contribution in [-0.2, 0) is 11.3 Å². The van der Waals surface area contributed by atoms with E-state index < -0.39 is 5.97 Å². The van der Waals surface area contributed by atoms with Crippen molar-refractivity contribution in [2.24, 2.45) is 5.10 Å². The van der Waals surface area contributed by atoms with E-state index in [1.54, 1.807) is 43.7 Å². The molecule has 1 N–H and O–H groups in total. The molecule has 3 rings (SSSR count). The molecule has 0 saturated heterocycles. The zero-order valence-electron chi connectivity index (χ0n) is 15.4. The fourth-order valence-electron chi connectivity index (χ4n) is 2.61. The molecule has 0 radical (unpaired) electrons. The standard InChI is InChI=1S/C21H19ClN2O4/c1-26-19-6-4-3-5-15(19)12-23-24-13-16-8-10-20(28-16)14-7-9-18(22)17(11-14)21(25)27-2/h3-11,13,23H,12H2,1-2H3/b24-13+. The van der Waals surface area contributed by atoms with Crippen molar-refractivity contribution in [2.45, 2.75) is 6.54 Å². The molecule has 0 aliphatic rings. The summed E-state index contributed by atoms with van der Waals surface area (Å²) in [6.45, 7) is 0.522.